The molecule has 2 heteroatoms. The Morgan fingerprint density at radius 3 is 2.50 bits per heavy atom. The number of rotatable bonds is 1. The summed E-state index contributed by atoms with van der Waals surface area (Å²) in [6.07, 6.45) is 0. The minimum absolute atomic E-state index is 0.256. The van der Waals surface area contributed by atoms with Crippen LogP contribution in [-0.2, 0) is 0 Å². The third-order valence-corrected chi connectivity index (χ3v) is 1.27. The van der Waals surface area contributed by atoms with Gasteiger partial charge in [-0.25, -0.2) is 0 Å². The smallest absolute Gasteiger partial charge is 0.118 e. The van der Waals surface area contributed by atoms with Crippen molar-refractivity contribution in [2.45, 2.75) is 0 Å². The van der Waals surface area contributed by atoms with E-state index in [0.717, 1.165) is 5.69 Å². The topological polar surface area (TPSA) is 23.5 Å². The lowest BCUT2D eigenvalue weighted by molar-refractivity contribution is 0.475. The summed E-state index contributed by atoms with van der Waals surface area (Å²) < 4.78 is 0. The summed E-state index contributed by atoms with van der Waals surface area (Å²) in [7, 11) is 3.84. The molecule has 0 unspecified atom stereocenters. The first-order valence-corrected chi connectivity index (χ1v) is 3.07. The van der Waals surface area contributed by atoms with Gasteiger partial charge in [0.05, 0.1) is 0 Å². The van der Waals surface area contributed by atoms with E-state index in [4.69, 9.17) is 5.11 Å². The molecular formula is C8H10NO. The standard InChI is InChI=1S/C8H10NO/c1-9(2)7-4-3-5-8(10)6-7/h4-6,10H,1-2H3. The van der Waals surface area contributed by atoms with Crippen LogP contribution in [0, 0.1) is 6.07 Å². The zero-order chi connectivity index (χ0) is 7.56. The van der Waals surface area contributed by atoms with E-state index >= 15 is 0 Å². The van der Waals surface area contributed by atoms with E-state index in [1.54, 1.807) is 6.07 Å². The van der Waals surface area contributed by atoms with Crippen LogP contribution in [0.15, 0.2) is 18.2 Å². The largest absolute Gasteiger partial charge is 0.508 e. The predicted octanol–water partition coefficient (Wildman–Crippen LogP) is 1.26. The maximum atomic E-state index is 9.00. The molecule has 2 nitrogen and oxygen atoms in total. The van der Waals surface area contributed by atoms with E-state index in [2.05, 4.69) is 6.07 Å². The molecule has 1 N–H and O–H groups in total. The summed E-state index contributed by atoms with van der Waals surface area (Å²) in [5.74, 6) is 0.256. The van der Waals surface area contributed by atoms with Gasteiger partial charge in [-0.1, -0.05) is 0 Å². The fourth-order valence-electron chi connectivity index (χ4n) is 0.705. The van der Waals surface area contributed by atoms with Crippen molar-refractivity contribution >= 4 is 5.69 Å². The molecule has 0 amide bonds. The minimum atomic E-state index is 0.256. The monoisotopic (exact) mass is 136 g/mol. The molecule has 0 aliphatic heterocycles. The van der Waals surface area contributed by atoms with Gasteiger partial charge >= 0.3 is 0 Å². The highest BCUT2D eigenvalue weighted by molar-refractivity contribution is 5.48. The van der Waals surface area contributed by atoms with Crippen LogP contribution < -0.4 is 4.90 Å². The highest BCUT2D eigenvalue weighted by atomic mass is 16.3. The maximum Gasteiger partial charge on any atom is 0.118 e. The van der Waals surface area contributed by atoms with Crippen LogP contribution >= 0.6 is 0 Å². The van der Waals surface area contributed by atoms with Crippen molar-refractivity contribution in [3.8, 4) is 5.75 Å². The van der Waals surface area contributed by atoms with Gasteiger partial charge in [-0.3, -0.25) is 0 Å². The number of aromatic hydroxyl groups is 1. The van der Waals surface area contributed by atoms with Crippen LogP contribution in [0.5, 0.6) is 5.75 Å². The van der Waals surface area contributed by atoms with Crippen molar-refractivity contribution in [2.75, 3.05) is 19.0 Å². The molecule has 1 rings (SSSR count). The molecule has 0 aliphatic rings. The van der Waals surface area contributed by atoms with Crippen LogP contribution in [0.2, 0.25) is 0 Å². The molecule has 0 fully saturated rings. The quantitative estimate of drug-likeness (QED) is 0.628. The average molecular weight is 136 g/mol. The van der Waals surface area contributed by atoms with Crippen molar-refractivity contribution in [1.29, 1.82) is 0 Å². The maximum absolute atomic E-state index is 9.00. The fraction of sp³-hybridized carbons (Fsp3) is 0.250. The van der Waals surface area contributed by atoms with E-state index < -0.39 is 0 Å². The molecule has 0 saturated carbocycles. The average Bonchev–Trinajstić information content (AvgIpc) is 1.88. The first-order chi connectivity index (χ1) is 4.70. The molecule has 0 heterocycles. The number of nitrogens with zero attached hydrogens (tertiary/aromatic N) is 1. The molecule has 53 valence electrons. The Hall–Kier alpha value is -1.18. The van der Waals surface area contributed by atoms with Crippen LogP contribution in [0.4, 0.5) is 5.69 Å². The van der Waals surface area contributed by atoms with E-state index in [0.29, 0.717) is 0 Å². The highest BCUT2D eigenvalue weighted by Gasteiger charge is 1.93. The summed E-state index contributed by atoms with van der Waals surface area (Å²) in [6, 6.07) is 7.86. The Kier molecular flexibility index (Phi) is 1.81. The van der Waals surface area contributed by atoms with Gasteiger partial charge in [-0.15, -0.1) is 0 Å². The molecule has 0 bridgehead atoms. The first kappa shape index (κ1) is 6.93. The molecule has 0 aliphatic carbocycles. The summed E-state index contributed by atoms with van der Waals surface area (Å²) in [6.45, 7) is 0. The van der Waals surface area contributed by atoms with Gasteiger partial charge in [0.25, 0.3) is 0 Å². The van der Waals surface area contributed by atoms with Crippen molar-refractivity contribution in [3.05, 3.63) is 24.3 Å². The van der Waals surface area contributed by atoms with Crippen LogP contribution in [-0.4, -0.2) is 19.2 Å². The summed E-state index contributed by atoms with van der Waals surface area (Å²) in [5.41, 5.74) is 0.958. The Balaban J connectivity index is 2.96. The number of benzene rings is 1. The molecule has 1 aromatic rings. The summed E-state index contributed by atoms with van der Waals surface area (Å²) in [4.78, 5) is 1.91. The number of phenols is 1. The number of hydrogen-bond acceptors (Lipinski definition) is 2. The number of hydrogen-bond donors (Lipinski definition) is 1. The Morgan fingerprint density at radius 2 is 2.10 bits per heavy atom. The van der Waals surface area contributed by atoms with Gasteiger partial charge in [-0.05, 0) is 18.2 Å². The number of anilines is 1. The first-order valence-electron chi connectivity index (χ1n) is 3.07. The Morgan fingerprint density at radius 1 is 1.40 bits per heavy atom. The molecular weight excluding hydrogens is 126 g/mol. The molecule has 0 saturated heterocycles. The second-order valence-corrected chi connectivity index (χ2v) is 2.34. The van der Waals surface area contributed by atoms with Crippen LogP contribution in [0.1, 0.15) is 0 Å². The SMILES string of the molecule is CN(C)c1c[c]cc(O)c1. The predicted molar refractivity (Wildman–Crippen MR) is 41.3 cm³/mol. The lowest BCUT2D eigenvalue weighted by atomic mass is 10.3. The zero-order valence-corrected chi connectivity index (χ0v) is 6.13. The van der Waals surface area contributed by atoms with E-state index in [-0.39, 0.29) is 5.75 Å². The van der Waals surface area contributed by atoms with Gasteiger partial charge in [0.1, 0.15) is 5.75 Å². The lowest BCUT2D eigenvalue weighted by Crippen LogP contribution is -2.07. The lowest BCUT2D eigenvalue weighted by Gasteiger charge is -2.11. The molecule has 10 heavy (non-hydrogen) atoms. The normalized spacial score (nSPS) is 9.40. The Bertz CT molecular complexity index is 220. The molecule has 0 aromatic heterocycles. The van der Waals surface area contributed by atoms with Gasteiger partial charge < -0.3 is 10.0 Å². The van der Waals surface area contributed by atoms with Gasteiger partial charge in [0.15, 0.2) is 0 Å². The number of phenolic OH excluding ortho intramolecular Hbond substituents is 1. The van der Waals surface area contributed by atoms with Crippen molar-refractivity contribution in [1.82, 2.24) is 0 Å². The third-order valence-electron chi connectivity index (χ3n) is 1.27. The van der Waals surface area contributed by atoms with Crippen molar-refractivity contribution < 1.29 is 5.11 Å². The summed E-state index contributed by atoms with van der Waals surface area (Å²) >= 11 is 0. The molecule has 0 atom stereocenters. The molecule has 0 spiro atoms. The third kappa shape index (κ3) is 1.41. The second-order valence-electron chi connectivity index (χ2n) is 2.34. The van der Waals surface area contributed by atoms with Crippen LogP contribution in [0.25, 0.3) is 0 Å². The van der Waals surface area contributed by atoms with Gasteiger partial charge in [-0.2, -0.15) is 0 Å². The van der Waals surface area contributed by atoms with E-state index in [9.17, 15) is 0 Å². The summed E-state index contributed by atoms with van der Waals surface area (Å²) in [5, 5.41) is 9.00. The van der Waals surface area contributed by atoms with E-state index in [1.807, 2.05) is 25.1 Å². The highest BCUT2D eigenvalue weighted by Crippen LogP contribution is 2.16. The Labute approximate surface area is 60.7 Å². The second kappa shape index (κ2) is 2.60. The zero-order valence-electron chi connectivity index (χ0n) is 6.13. The van der Waals surface area contributed by atoms with Gasteiger partial charge in [0, 0.05) is 25.8 Å². The van der Waals surface area contributed by atoms with Crippen molar-refractivity contribution in [3.63, 3.8) is 0 Å². The fourth-order valence-corrected chi connectivity index (χ4v) is 0.705. The molecule has 1 radical (unpaired) electrons. The minimum Gasteiger partial charge on any atom is -0.508 e. The molecule has 1 aromatic carbocycles. The van der Waals surface area contributed by atoms with Crippen LogP contribution in [0.3, 0.4) is 0 Å². The van der Waals surface area contributed by atoms with Crippen molar-refractivity contribution in [2.24, 2.45) is 0 Å². The van der Waals surface area contributed by atoms with E-state index in [1.165, 1.54) is 6.07 Å². The van der Waals surface area contributed by atoms with Gasteiger partial charge in [0.2, 0.25) is 0 Å².